The van der Waals surface area contributed by atoms with Gasteiger partial charge in [0.05, 0.1) is 12.2 Å². The van der Waals surface area contributed by atoms with Gasteiger partial charge in [-0.1, -0.05) is 11.6 Å². The molecule has 8 nitrogen and oxygen atoms in total. The Balaban J connectivity index is 1.84. The van der Waals surface area contributed by atoms with Gasteiger partial charge in [-0.15, -0.1) is 0 Å². The number of nitrogens with one attached hydrogen (secondary N) is 2. The highest BCUT2D eigenvalue weighted by Crippen LogP contribution is 2.19. The average Bonchev–Trinajstić information content (AvgIpc) is 2.90. The fourth-order valence-electron chi connectivity index (χ4n) is 2.03. The number of aryl methyl sites for hydroxylation is 2. The lowest BCUT2D eigenvalue weighted by atomic mass is 10.2. The number of rotatable bonds is 5. The molecule has 1 aromatic rings. The van der Waals surface area contributed by atoms with Crippen LogP contribution < -0.4 is 10.6 Å². The highest BCUT2D eigenvalue weighted by atomic mass is 35.5. The summed E-state index contributed by atoms with van der Waals surface area (Å²) in [6.07, 6.45) is 2.91. The van der Waals surface area contributed by atoms with Crippen molar-refractivity contribution < 1.29 is 14.4 Å². The molecule has 1 aliphatic rings. The molecule has 2 rings (SSSR count). The quantitative estimate of drug-likeness (QED) is 0.591. The first-order valence-electron chi connectivity index (χ1n) is 6.63. The van der Waals surface area contributed by atoms with Gasteiger partial charge in [0.2, 0.25) is 11.8 Å². The maximum Gasteiger partial charge on any atom is 0.324 e. The lowest BCUT2D eigenvalue weighted by Crippen LogP contribution is -2.38. The smallest absolute Gasteiger partial charge is 0.324 e. The molecule has 118 valence electrons. The molecule has 2 heterocycles. The average molecular weight is 326 g/mol. The normalized spacial score (nSPS) is 14.8. The molecule has 9 heteroatoms. The summed E-state index contributed by atoms with van der Waals surface area (Å²) in [5.41, 5.74) is 1.39. The second-order valence-electron chi connectivity index (χ2n) is 4.74. The summed E-state index contributed by atoms with van der Waals surface area (Å²) >= 11 is 6.05. The molecule has 2 N–H and O–H groups in total. The van der Waals surface area contributed by atoms with E-state index in [1.54, 1.807) is 20.0 Å². The topological polar surface area (TPSA) is 96.3 Å². The van der Waals surface area contributed by atoms with Crippen molar-refractivity contribution in [1.29, 1.82) is 0 Å². The summed E-state index contributed by atoms with van der Waals surface area (Å²) in [6, 6.07) is -0.437. The highest BCUT2D eigenvalue weighted by Gasteiger charge is 2.27. The van der Waals surface area contributed by atoms with E-state index < -0.39 is 6.03 Å². The summed E-state index contributed by atoms with van der Waals surface area (Å²) in [6.45, 7) is 2.12. The van der Waals surface area contributed by atoms with Crippen molar-refractivity contribution in [2.45, 2.75) is 6.92 Å². The monoisotopic (exact) mass is 325 g/mol. The van der Waals surface area contributed by atoms with Gasteiger partial charge in [0.25, 0.3) is 0 Å². The molecule has 1 saturated heterocycles. The fraction of sp³-hybridized carbons (Fsp3) is 0.385. The van der Waals surface area contributed by atoms with Crippen LogP contribution in [-0.4, -0.2) is 52.2 Å². The third-order valence-electron chi connectivity index (χ3n) is 3.17. The van der Waals surface area contributed by atoms with Crippen molar-refractivity contribution >= 4 is 35.5 Å². The zero-order valence-corrected chi connectivity index (χ0v) is 13.0. The molecular weight excluding hydrogens is 310 g/mol. The minimum absolute atomic E-state index is 0.00542. The largest absolute Gasteiger partial charge is 0.351 e. The molecule has 0 saturated carbocycles. The predicted octanol–water partition coefficient (Wildman–Crippen LogP) is 0.0631. The van der Waals surface area contributed by atoms with Gasteiger partial charge in [0.1, 0.15) is 5.15 Å². The minimum atomic E-state index is -0.437. The number of nitrogens with zero attached hydrogens (tertiary/aromatic N) is 3. The SMILES string of the molecule is Cc1nn(C)c(Cl)c1/C=C/C(=O)NCCN1C(=O)CNC1=O. The van der Waals surface area contributed by atoms with Crippen LogP contribution in [0.3, 0.4) is 0 Å². The van der Waals surface area contributed by atoms with Crippen LogP contribution in [0.15, 0.2) is 6.08 Å². The molecule has 0 atom stereocenters. The van der Waals surface area contributed by atoms with Crippen LogP contribution in [0.4, 0.5) is 4.79 Å². The second-order valence-corrected chi connectivity index (χ2v) is 5.10. The number of halogens is 1. The zero-order valence-electron chi connectivity index (χ0n) is 12.2. The van der Waals surface area contributed by atoms with Crippen molar-refractivity contribution in [2.24, 2.45) is 7.05 Å². The first-order valence-corrected chi connectivity index (χ1v) is 7.01. The number of imide groups is 1. The van der Waals surface area contributed by atoms with E-state index >= 15 is 0 Å². The maximum absolute atomic E-state index is 11.7. The van der Waals surface area contributed by atoms with Gasteiger partial charge in [-0.3, -0.25) is 19.2 Å². The van der Waals surface area contributed by atoms with E-state index in [2.05, 4.69) is 15.7 Å². The van der Waals surface area contributed by atoms with Gasteiger partial charge in [-0.05, 0) is 13.0 Å². The molecule has 1 aliphatic heterocycles. The van der Waals surface area contributed by atoms with Crippen molar-refractivity contribution in [2.75, 3.05) is 19.6 Å². The van der Waals surface area contributed by atoms with Crippen LogP contribution in [0, 0.1) is 6.92 Å². The van der Waals surface area contributed by atoms with Crippen molar-refractivity contribution in [3.8, 4) is 0 Å². The molecular formula is C13H16ClN5O3. The molecule has 0 spiro atoms. The van der Waals surface area contributed by atoms with Crippen molar-refractivity contribution in [1.82, 2.24) is 25.3 Å². The van der Waals surface area contributed by atoms with Gasteiger partial charge >= 0.3 is 6.03 Å². The lowest BCUT2D eigenvalue weighted by molar-refractivity contribution is -0.125. The van der Waals surface area contributed by atoms with Gasteiger partial charge in [-0.2, -0.15) is 5.10 Å². The van der Waals surface area contributed by atoms with E-state index in [0.29, 0.717) is 10.7 Å². The number of hydrogen-bond acceptors (Lipinski definition) is 4. The number of aromatic nitrogens is 2. The van der Waals surface area contributed by atoms with Crippen LogP contribution in [0.1, 0.15) is 11.3 Å². The Morgan fingerprint density at radius 1 is 1.50 bits per heavy atom. The number of hydrogen-bond donors (Lipinski definition) is 2. The summed E-state index contributed by atoms with van der Waals surface area (Å²) in [5.74, 6) is -0.640. The van der Waals surface area contributed by atoms with Crippen molar-refractivity contribution in [3.05, 3.63) is 22.5 Å². The Morgan fingerprint density at radius 2 is 2.23 bits per heavy atom. The Hall–Kier alpha value is -2.35. The Bertz CT molecular complexity index is 636. The van der Waals surface area contributed by atoms with Crippen LogP contribution >= 0.6 is 11.6 Å². The molecule has 22 heavy (non-hydrogen) atoms. The van der Waals surface area contributed by atoms with E-state index in [1.165, 1.54) is 10.8 Å². The van der Waals surface area contributed by atoms with Gasteiger partial charge < -0.3 is 10.6 Å². The number of amides is 4. The van der Waals surface area contributed by atoms with E-state index in [4.69, 9.17) is 11.6 Å². The Kier molecular flexibility index (Phi) is 4.81. The van der Waals surface area contributed by atoms with Crippen LogP contribution in [-0.2, 0) is 16.6 Å². The lowest BCUT2D eigenvalue weighted by Gasteiger charge is -2.11. The van der Waals surface area contributed by atoms with Crippen molar-refractivity contribution in [3.63, 3.8) is 0 Å². The Morgan fingerprint density at radius 3 is 2.77 bits per heavy atom. The zero-order chi connectivity index (χ0) is 16.3. The number of carbonyl (C=O) groups excluding carboxylic acids is 3. The Labute approximate surface area is 132 Å². The molecule has 1 aromatic heterocycles. The van der Waals surface area contributed by atoms with E-state index in [0.717, 1.165) is 10.6 Å². The van der Waals surface area contributed by atoms with Crippen LogP contribution in [0.5, 0.6) is 0 Å². The third kappa shape index (κ3) is 3.45. The maximum atomic E-state index is 11.7. The molecule has 0 aromatic carbocycles. The third-order valence-corrected chi connectivity index (χ3v) is 3.62. The summed E-state index contributed by atoms with van der Waals surface area (Å²) in [4.78, 5) is 35.4. The van der Waals surface area contributed by atoms with Crippen LogP contribution in [0.25, 0.3) is 6.08 Å². The first kappa shape index (κ1) is 16.0. The molecule has 0 aliphatic carbocycles. The summed E-state index contributed by atoms with van der Waals surface area (Å²) < 4.78 is 1.52. The summed E-state index contributed by atoms with van der Waals surface area (Å²) in [7, 11) is 1.71. The molecule has 0 radical (unpaired) electrons. The summed E-state index contributed by atoms with van der Waals surface area (Å²) in [5, 5.41) is 9.58. The molecule has 0 unspecified atom stereocenters. The van der Waals surface area contributed by atoms with Gasteiger partial charge in [0, 0.05) is 31.8 Å². The first-order chi connectivity index (χ1) is 10.4. The van der Waals surface area contributed by atoms with Gasteiger partial charge in [-0.25, -0.2) is 4.79 Å². The van der Waals surface area contributed by atoms with Crippen LogP contribution in [0.2, 0.25) is 5.15 Å². The molecule has 0 bridgehead atoms. The predicted molar refractivity (Wildman–Crippen MR) is 80.1 cm³/mol. The fourth-order valence-corrected chi connectivity index (χ4v) is 2.26. The highest BCUT2D eigenvalue weighted by molar-refractivity contribution is 6.31. The second kappa shape index (κ2) is 6.61. The van der Waals surface area contributed by atoms with Gasteiger partial charge in [0.15, 0.2) is 0 Å². The van der Waals surface area contributed by atoms with E-state index in [1.807, 2.05) is 0 Å². The van der Waals surface area contributed by atoms with E-state index in [-0.39, 0.29) is 31.4 Å². The minimum Gasteiger partial charge on any atom is -0.351 e. The molecule has 4 amide bonds. The molecule has 1 fully saturated rings. The number of urea groups is 1. The standard InChI is InChI=1S/C13H16ClN5O3/c1-8-9(12(14)18(2)17-8)3-4-10(20)15-5-6-19-11(21)7-16-13(19)22/h3-4H,5-7H2,1-2H3,(H,15,20)(H,16,22)/b4-3+. The number of carbonyl (C=O) groups is 3. The van der Waals surface area contributed by atoms with E-state index in [9.17, 15) is 14.4 Å².